The summed E-state index contributed by atoms with van der Waals surface area (Å²) in [7, 11) is -2.74. The van der Waals surface area contributed by atoms with E-state index >= 15 is 0 Å². The third-order valence-corrected chi connectivity index (χ3v) is 6.34. The summed E-state index contributed by atoms with van der Waals surface area (Å²) in [6.45, 7) is 1.77. The number of carbonyl (C=O) groups is 1. The molecule has 8 heteroatoms. The molecule has 0 saturated carbocycles. The highest BCUT2D eigenvalue weighted by atomic mass is 32.2. The van der Waals surface area contributed by atoms with Crippen molar-refractivity contribution in [3.05, 3.63) is 59.9 Å². The predicted molar refractivity (Wildman–Crippen MR) is 96.3 cm³/mol. The molecule has 0 radical (unpaired) electrons. The molecule has 2 unspecified atom stereocenters. The second-order valence-corrected chi connectivity index (χ2v) is 8.22. The molecule has 0 aliphatic carbocycles. The smallest absolute Gasteiger partial charge is 0.324 e. The van der Waals surface area contributed by atoms with E-state index in [0.717, 1.165) is 9.87 Å². The van der Waals surface area contributed by atoms with E-state index in [0.29, 0.717) is 0 Å². The molecule has 0 bridgehead atoms. The summed E-state index contributed by atoms with van der Waals surface area (Å²) in [6.07, 6.45) is -0.599. The molecule has 1 heterocycles. The van der Waals surface area contributed by atoms with Crippen LogP contribution in [-0.4, -0.2) is 44.5 Å². The van der Waals surface area contributed by atoms with Crippen molar-refractivity contribution in [2.75, 3.05) is 13.7 Å². The number of ether oxygens (including phenoxy) is 2. The van der Waals surface area contributed by atoms with Gasteiger partial charge in [0.15, 0.2) is 11.6 Å². The maximum Gasteiger partial charge on any atom is 0.324 e. The summed E-state index contributed by atoms with van der Waals surface area (Å²) in [5.41, 5.74) is 0.917. The number of hydrogen-bond donors (Lipinski definition) is 0. The second-order valence-electron chi connectivity index (χ2n) is 6.33. The van der Waals surface area contributed by atoms with Crippen molar-refractivity contribution in [3.63, 3.8) is 0 Å². The van der Waals surface area contributed by atoms with Gasteiger partial charge in [-0.05, 0) is 31.2 Å². The van der Waals surface area contributed by atoms with Gasteiger partial charge in [0.1, 0.15) is 12.1 Å². The van der Waals surface area contributed by atoms with Gasteiger partial charge in [-0.2, -0.15) is 4.31 Å². The number of methoxy groups -OCH3 is 1. The van der Waals surface area contributed by atoms with Crippen LogP contribution >= 0.6 is 0 Å². The summed E-state index contributed by atoms with van der Waals surface area (Å²) in [6, 6.07) is 11.2. The molecular formula is C19H20FNO5S. The number of aryl methyl sites for hydroxylation is 1. The first kappa shape index (κ1) is 19.3. The maximum absolute atomic E-state index is 13.9. The van der Waals surface area contributed by atoms with Gasteiger partial charge in [-0.3, -0.25) is 4.79 Å². The Balaban J connectivity index is 1.89. The van der Waals surface area contributed by atoms with Crippen molar-refractivity contribution in [2.45, 2.75) is 30.4 Å². The lowest BCUT2D eigenvalue weighted by molar-refractivity contribution is -0.144. The first-order valence-electron chi connectivity index (χ1n) is 8.40. The van der Waals surface area contributed by atoms with E-state index in [4.69, 9.17) is 9.47 Å². The van der Waals surface area contributed by atoms with E-state index in [9.17, 15) is 17.6 Å². The van der Waals surface area contributed by atoms with Gasteiger partial charge in [-0.15, -0.1) is 0 Å². The number of nitrogens with zero attached hydrogens (tertiary/aromatic N) is 1. The topological polar surface area (TPSA) is 72.9 Å². The highest BCUT2D eigenvalue weighted by Gasteiger charge is 2.45. The SMILES string of the molecule is COC(=O)C1CC(Oc2ccccc2F)CN1S(=O)(=O)c1ccc(C)cc1. The molecule has 0 spiro atoms. The fraction of sp³-hybridized carbons (Fsp3) is 0.316. The molecule has 1 saturated heterocycles. The van der Waals surface area contributed by atoms with Crippen LogP contribution in [0.5, 0.6) is 5.75 Å². The van der Waals surface area contributed by atoms with Gasteiger partial charge in [0.25, 0.3) is 0 Å². The molecular weight excluding hydrogens is 373 g/mol. The third kappa shape index (κ3) is 3.96. The quantitative estimate of drug-likeness (QED) is 0.730. The van der Waals surface area contributed by atoms with Crippen LogP contribution in [0.25, 0.3) is 0 Å². The van der Waals surface area contributed by atoms with Crippen molar-refractivity contribution in [2.24, 2.45) is 0 Å². The third-order valence-electron chi connectivity index (χ3n) is 4.45. The van der Waals surface area contributed by atoms with Crippen molar-refractivity contribution < 1.29 is 27.1 Å². The average Bonchev–Trinajstić information content (AvgIpc) is 3.08. The molecule has 2 aromatic carbocycles. The standard InChI is InChI=1S/C19H20FNO5S/c1-13-7-9-15(10-8-13)27(23,24)21-12-14(11-17(21)19(22)25-2)26-18-6-4-3-5-16(18)20/h3-10,14,17H,11-12H2,1-2H3. The zero-order valence-corrected chi connectivity index (χ0v) is 15.8. The lowest BCUT2D eigenvalue weighted by Gasteiger charge is -2.21. The summed E-state index contributed by atoms with van der Waals surface area (Å²) in [4.78, 5) is 12.2. The molecule has 1 fully saturated rings. The van der Waals surface area contributed by atoms with Crippen molar-refractivity contribution >= 4 is 16.0 Å². The lowest BCUT2D eigenvalue weighted by Crippen LogP contribution is -2.41. The molecule has 0 N–H and O–H groups in total. The normalized spacial score (nSPS) is 20.4. The van der Waals surface area contributed by atoms with E-state index in [1.807, 2.05) is 6.92 Å². The molecule has 2 atom stereocenters. The van der Waals surface area contributed by atoms with Crippen LogP contribution in [0.15, 0.2) is 53.4 Å². The van der Waals surface area contributed by atoms with E-state index in [2.05, 4.69) is 0 Å². The monoisotopic (exact) mass is 393 g/mol. The number of rotatable bonds is 5. The molecule has 0 aromatic heterocycles. The van der Waals surface area contributed by atoms with Crippen molar-refractivity contribution in [1.82, 2.24) is 4.31 Å². The Hall–Kier alpha value is -2.45. The zero-order valence-electron chi connectivity index (χ0n) is 15.0. The highest BCUT2D eigenvalue weighted by molar-refractivity contribution is 7.89. The highest BCUT2D eigenvalue weighted by Crippen LogP contribution is 2.30. The fourth-order valence-corrected chi connectivity index (χ4v) is 4.66. The molecule has 2 aromatic rings. The van der Waals surface area contributed by atoms with Crippen LogP contribution in [-0.2, 0) is 19.6 Å². The molecule has 144 valence electrons. The first-order chi connectivity index (χ1) is 12.8. The van der Waals surface area contributed by atoms with E-state index in [1.165, 1.54) is 37.4 Å². The molecule has 1 aliphatic heterocycles. The van der Waals surface area contributed by atoms with Crippen LogP contribution in [0.2, 0.25) is 0 Å². The van der Waals surface area contributed by atoms with Crippen molar-refractivity contribution in [1.29, 1.82) is 0 Å². The Kier molecular flexibility index (Phi) is 5.48. The number of para-hydroxylation sites is 1. The van der Waals surface area contributed by atoms with Gasteiger partial charge in [0, 0.05) is 6.42 Å². The molecule has 0 amide bonds. The van der Waals surface area contributed by atoms with E-state index < -0.39 is 34.0 Å². The minimum absolute atomic E-state index is 0.0145. The Morgan fingerprint density at radius 2 is 1.81 bits per heavy atom. The summed E-state index contributed by atoms with van der Waals surface area (Å²) < 4.78 is 51.4. The van der Waals surface area contributed by atoms with Crippen LogP contribution in [0.3, 0.4) is 0 Å². The Labute approximate surface area is 157 Å². The van der Waals surface area contributed by atoms with Crippen molar-refractivity contribution in [3.8, 4) is 5.75 Å². The fourth-order valence-electron chi connectivity index (χ4n) is 3.04. The predicted octanol–water partition coefficient (Wildman–Crippen LogP) is 2.52. The number of carbonyl (C=O) groups excluding carboxylic acids is 1. The maximum atomic E-state index is 13.9. The van der Waals surface area contributed by atoms with Gasteiger partial charge < -0.3 is 9.47 Å². The van der Waals surface area contributed by atoms with Crippen LogP contribution in [0.4, 0.5) is 4.39 Å². The van der Waals surface area contributed by atoms with Gasteiger partial charge in [-0.25, -0.2) is 12.8 Å². The Morgan fingerprint density at radius 1 is 1.15 bits per heavy atom. The zero-order chi connectivity index (χ0) is 19.6. The average molecular weight is 393 g/mol. The number of halogens is 1. The Morgan fingerprint density at radius 3 is 2.44 bits per heavy atom. The number of hydrogen-bond acceptors (Lipinski definition) is 5. The lowest BCUT2D eigenvalue weighted by atomic mass is 10.2. The van der Waals surface area contributed by atoms with Crippen LogP contribution in [0, 0.1) is 12.7 Å². The molecule has 6 nitrogen and oxygen atoms in total. The minimum atomic E-state index is -3.94. The second kappa shape index (κ2) is 7.66. The molecule has 1 aliphatic rings. The minimum Gasteiger partial charge on any atom is -0.486 e. The Bertz CT molecular complexity index is 929. The van der Waals surface area contributed by atoms with Gasteiger partial charge in [-0.1, -0.05) is 29.8 Å². The van der Waals surface area contributed by atoms with E-state index in [1.54, 1.807) is 18.2 Å². The van der Waals surface area contributed by atoms with E-state index in [-0.39, 0.29) is 23.6 Å². The largest absolute Gasteiger partial charge is 0.486 e. The summed E-state index contributed by atoms with van der Waals surface area (Å²) >= 11 is 0. The number of benzene rings is 2. The van der Waals surface area contributed by atoms with Crippen LogP contribution < -0.4 is 4.74 Å². The first-order valence-corrected chi connectivity index (χ1v) is 9.84. The van der Waals surface area contributed by atoms with Gasteiger partial charge in [0.2, 0.25) is 10.0 Å². The number of sulfonamides is 1. The van der Waals surface area contributed by atoms with Gasteiger partial charge >= 0.3 is 5.97 Å². The molecule has 27 heavy (non-hydrogen) atoms. The molecule has 3 rings (SSSR count). The number of esters is 1. The van der Waals surface area contributed by atoms with Crippen LogP contribution in [0.1, 0.15) is 12.0 Å². The van der Waals surface area contributed by atoms with Gasteiger partial charge in [0.05, 0.1) is 18.6 Å². The summed E-state index contributed by atoms with van der Waals surface area (Å²) in [5, 5.41) is 0. The summed E-state index contributed by atoms with van der Waals surface area (Å²) in [5.74, 6) is -1.21.